The number of carbonyl (C=O) groups excluding carboxylic acids is 1. The van der Waals surface area contributed by atoms with E-state index in [1.165, 1.54) is 4.90 Å². The maximum Gasteiger partial charge on any atom is 0.259 e. The first-order valence-corrected chi connectivity index (χ1v) is 7.15. The SMILES string of the molecule is O=C(c1c(F)cc(F)cc1F)N1CCCC(CBr)C1. The Morgan fingerprint density at radius 2 is 1.95 bits per heavy atom. The second-order valence-corrected chi connectivity index (χ2v) is 5.31. The summed E-state index contributed by atoms with van der Waals surface area (Å²) >= 11 is 3.35. The smallest absolute Gasteiger partial charge is 0.259 e. The zero-order valence-corrected chi connectivity index (χ0v) is 11.7. The van der Waals surface area contributed by atoms with Crippen LogP contribution in [0.5, 0.6) is 0 Å². The predicted molar refractivity (Wildman–Crippen MR) is 68.7 cm³/mol. The molecule has 1 aliphatic heterocycles. The van der Waals surface area contributed by atoms with Crippen LogP contribution in [0.2, 0.25) is 0 Å². The largest absolute Gasteiger partial charge is 0.338 e. The molecule has 0 N–H and O–H groups in total. The minimum Gasteiger partial charge on any atom is -0.338 e. The molecule has 1 aromatic rings. The maximum atomic E-state index is 13.6. The second kappa shape index (κ2) is 5.94. The molecule has 1 atom stereocenters. The molecule has 1 amide bonds. The van der Waals surface area contributed by atoms with Crippen molar-refractivity contribution in [3.05, 3.63) is 35.1 Å². The van der Waals surface area contributed by atoms with Gasteiger partial charge in [-0.25, -0.2) is 13.2 Å². The number of halogens is 4. The summed E-state index contributed by atoms with van der Waals surface area (Å²) in [7, 11) is 0. The van der Waals surface area contributed by atoms with Gasteiger partial charge in [0.15, 0.2) is 0 Å². The number of piperidine rings is 1. The minimum absolute atomic E-state index is 0.282. The highest BCUT2D eigenvalue weighted by Crippen LogP contribution is 2.22. The summed E-state index contributed by atoms with van der Waals surface area (Å²) in [6, 6.07) is 1.06. The molecular weight excluding hydrogens is 323 g/mol. The first kappa shape index (κ1) is 14.4. The van der Waals surface area contributed by atoms with Crippen LogP contribution < -0.4 is 0 Å². The molecule has 2 nitrogen and oxygen atoms in total. The van der Waals surface area contributed by atoms with Crippen molar-refractivity contribution < 1.29 is 18.0 Å². The number of rotatable bonds is 2. The van der Waals surface area contributed by atoms with Crippen LogP contribution in [-0.2, 0) is 0 Å². The molecule has 0 bridgehead atoms. The zero-order valence-electron chi connectivity index (χ0n) is 10.1. The average molecular weight is 336 g/mol. The van der Waals surface area contributed by atoms with E-state index in [0.29, 0.717) is 25.2 Å². The summed E-state index contributed by atoms with van der Waals surface area (Å²) in [4.78, 5) is 13.5. The Hall–Kier alpha value is -1.04. The summed E-state index contributed by atoms with van der Waals surface area (Å²) in [5, 5.41) is 0.741. The standard InChI is InChI=1S/C13H13BrF3NO/c14-6-8-2-1-3-18(7-8)13(19)12-10(16)4-9(15)5-11(12)17/h4-5,8H,1-3,6-7H2. The Kier molecular flexibility index (Phi) is 4.50. The number of nitrogens with zero attached hydrogens (tertiary/aromatic N) is 1. The van der Waals surface area contributed by atoms with Crippen molar-refractivity contribution in [2.75, 3.05) is 18.4 Å². The van der Waals surface area contributed by atoms with E-state index in [4.69, 9.17) is 0 Å². The first-order chi connectivity index (χ1) is 9.02. The van der Waals surface area contributed by atoms with Crippen molar-refractivity contribution in [2.24, 2.45) is 5.92 Å². The van der Waals surface area contributed by atoms with E-state index >= 15 is 0 Å². The lowest BCUT2D eigenvalue weighted by molar-refractivity contribution is 0.0676. The van der Waals surface area contributed by atoms with Crippen molar-refractivity contribution >= 4 is 21.8 Å². The van der Waals surface area contributed by atoms with Crippen LogP contribution in [0.4, 0.5) is 13.2 Å². The number of amides is 1. The lowest BCUT2D eigenvalue weighted by Crippen LogP contribution is -2.41. The lowest BCUT2D eigenvalue weighted by Gasteiger charge is -2.32. The van der Waals surface area contributed by atoms with E-state index in [0.717, 1.165) is 18.2 Å². The van der Waals surface area contributed by atoms with Gasteiger partial charge in [-0.1, -0.05) is 15.9 Å². The zero-order chi connectivity index (χ0) is 14.0. The number of hydrogen-bond donors (Lipinski definition) is 0. The molecule has 1 aromatic carbocycles. The van der Waals surface area contributed by atoms with E-state index in [-0.39, 0.29) is 5.92 Å². The van der Waals surface area contributed by atoms with Crippen LogP contribution in [0, 0.1) is 23.4 Å². The van der Waals surface area contributed by atoms with Gasteiger partial charge in [-0.05, 0) is 18.8 Å². The number of alkyl halides is 1. The van der Waals surface area contributed by atoms with Gasteiger partial charge in [-0.2, -0.15) is 0 Å². The molecule has 6 heteroatoms. The van der Waals surface area contributed by atoms with Crippen molar-refractivity contribution in [3.8, 4) is 0 Å². The van der Waals surface area contributed by atoms with Gasteiger partial charge in [-0.3, -0.25) is 4.79 Å². The quantitative estimate of drug-likeness (QED) is 0.759. The Bertz CT molecular complexity index is 472. The monoisotopic (exact) mass is 335 g/mol. The fourth-order valence-electron chi connectivity index (χ4n) is 2.28. The molecule has 1 fully saturated rings. The van der Waals surface area contributed by atoms with Gasteiger partial charge < -0.3 is 4.90 Å². The van der Waals surface area contributed by atoms with Gasteiger partial charge in [0.05, 0.1) is 0 Å². The summed E-state index contributed by atoms with van der Waals surface area (Å²) in [6.07, 6.45) is 1.77. The fourth-order valence-corrected chi connectivity index (χ4v) is 2.81. The highest BCUT2D eigenvalue weighted by atomic mass is 79.9. The van der Waals surface area contributed by atoms with Gasteiger partial charge in [0.1, 0.15) is 23.0 Å². The predicted octanol–water partition coefficient (Wildman–Crippen LogP) is 3.35. The Morgan fingerprint density at radius 1 is 1.32 bits per heavy atom. The molecule has 104 valence electrons. The fraction of sp³-hybridized carbons (Fsp3) is 0.462. The van der Waals surface area contributed by atoms with Crippen LogP contribution in [0.15, 0.2) is 12.1 Å². The summed E-state index contributed by atoms with van der Waals surface area (Å²) in [6.45, 7) is 0.929. The van der Waals surface area contributed by atoms with Crippen molar-refractivity contribution in [3.63, 3.8) is 0 Å². The highest BCUT2D eigenvalue weighted by Gasteiger charge is 2.28. The third-order valence-electron chi connectivity index (χ3n) is 3.25. The number of hydrogen-bond acceptors (Lipinski definition) is 1. The van der Waals surface area contributed by atoms with Crippen LogP contribution in [0.1, 0.15) is 23.2 Å². The molecule has 0 aliphatic carbocycles. The lowest BCUT2D eigenvalue weighted by atomic mass is 9.99. The van der Waals surface area contributed by atoms with E-state index in [2.05, 4.69) is 15.9 Å². The molecule has 1 aliphatic rings. The Morgan fingerprint density at radius 3 is 2.53 bits per heavy atom. The molecule has 1 unspecified atom stereocenters. The van der Waals surface area contributed by atoms with E-state index < -0.39 is 28.9 Å². The van der Waals surface area contributed by atoms with Gasteiger partial charge >= 0.3 is 0 Å². The maximum absolute atomic E-state index is 13.6. The number of likely N-dealkylation sites (tertiary alicyclic amines) is 1. The molecule has 2 rings (SSSR count). The third-order valence-corrected chi connectivity index (χ3v) is 4.16. The van der Waals surface area contributed by atoms with Crippen molar-refractivity contribution in [1.82, 2.24) is 4.90 Å². The molecule has 0 aromatic heterocycles. The molecule has 1 saturated heterocycles. The van der Waals surface area contributed by atoms with E-state index in [1.54, 1.807) is 0 Å². The third kappa shape index (κ3) is 3.11. The molecular formula is C13H13BrF3NO. The highest BCUT2D eigenvalue weighted by molar-refractivity contribution is 9.09. The normalized spacial score (nSPS) is 19.6. The van der Waals surface area contributed by atoms with Gasteiger partial charge in [0, 0.05) is 30.6 Å². The molecule has 0 spiro atoms. The van der Waals surface area contributed by atoms with Gasteiger partial charge in [-0.15, -0.1) is 0 Å². The summed E-state index contributed by atoms with van der Waals surface area (Å²) in [5.41, 5.74) is -0.670. The summed E-state index contributed by atoms with van der Waals surface area (Å²) in [5.74, 6) is -3.75. The average Bonchev–Trinajstić information content (AvgIpc) is 2.37. The summed E-state index contributed by atoms with van der Waals surface area (Å²) < 4.78 is 39.9. The van der Waals surface area contributed by atoms with Gasteiger partial charge in [0.2, 0.25) is 0 Å². The molecule has 19 heavy (non-hydrogen) atoms. The van der Waals surface area contributed by atoms with E-state index in [9.17, 15) is 18.0 Å². The Balaban J connectivity index is 2.24. The van der Waals surface area contributed by atoms with Crippen LogP contribution in [0.25, 0.3) is 0 Å². The molecule has 0 saturated carbocycles. The number of benzene rings is 1. The molecule has 0 radical (unpaired) electrons. The topological polar surface area (TPSA) is 20.3 Å². The minimum atomic E-state index is -1.15. The van der Waals surface area contributed by atoms with Gasteiger partial charge in [0.25, 0.3) is 5.91 Å². The van der Waals surface area contributed by atoms with E-state index in [1.807, 2.05) is 0 Å². The van der Waals surface area contributed by atoms with Crippen LogP contribution >= 0.6 is 15.9 Å². The van der Waals surface area contributed by atoms with Crippen LogP contribution in [0.3, 0.4) is 0 Å². The number of carbonyl (C=O) groups is 1. The second-order valence-electron chi connectivity index (χ2n) is 4.66. The molecule has 1 heterocycles. The van der Waals surface area contributed by atoms with Crippen molar-refractivity contribution in [1.29, 1.82) is 0 Å². The Labute approximate surface area is 117 Å². The van der Waals surface area contributed by atoms with Crippen molar-refractivity contribution in [2.45, 2.75) is 12.8 Å². The first-order valence-electron chi connectivity index (χ1n) is 6.02. The van der Waals surface area contributed by atoms with Crippen LogP contribution in [-0.4, -0.2) is 29.2 Å².